The van der Waals surface area contributed by atoms with Crippen LogP contribution < -0.4 is 10.0 Å². The highest BCUT2D eigenvalue weighted by Crippen LogP contribution is 2.17. The van der Waals surface area contributed by atoms with Gasteiger partial charge >= 0.3 is 0 Å². The number of hydrogen-bond donors (Lipinski definition) is 2. The Kier molecular flexibility index (Phi) is 5.92. The van der Waals surface area contributed by atoms with E-state index in [1.165, 1.54) is 42.5 Å². The fraction of sp³-hybridized carbons (Fsp3) is 0.278. The molecule has 1 amide bonds. The predicted molar refractivity (Wildman–Crippen MR) is 95.6 cm³/mol. The maximum Gasteiger partial charge on any atom is 0.255 e. The summed E-state index contributed by atoms with van der Waals surface area (Å²) in [5, 5.41) is 2.64. The van der Waals surface area contributed by atoms with Crippen molar-refractivity contribution in [2.24, 2.45) is 0 Å². The third kappa shape index (κ3) is 4.87. The lowest BCUT2D eigenvalue weighted by Crippen LogP contribution is -2.32. The Balaban J connectivity index is 2.22. The molecule has 0 aliphatic carbocycles. The molecule has 0 radical (unpaired) electrons. The summed E-state index contributed by atoms with van der Waals surface area (Å²) in [7, 11) is -3.69. The van der Waals surface area contributed by atoms with Crippen LogP contribution in [0, 0.1) is 12.7 Å². The number of sulfonamides is 1. The van der Waals surface area contributed by atoms with Crippen LogP contribution >= 0.6 is 0 Å². The van der Waals surface area contributed by atoms with Crippen LogP contribution in [0.3, 0.4) is 0 Å². The van der Waals surface area contributed by atoms with E-state index >= 15 is 0 Å². The van der Waals surface area contributed by atoms with E-state index in [4.69, 9.17) is 0 Å². The first-order valence-corrected chi connectivity index (χ1v) is 9.41. The summed E-state index contributed by atoms with van der Waals surface area (Å²) in [5.74, 6) is -0.825. The van der Waals surface area contributed by atoms with Crippen molar-refractivity contribution < 1.29 is 17.6 Å². The van der Waals surface area contributed by atoms with Crippen molar-refractivity contribution in [3.05, 3.63) is 59.4 Å². The number of hydrogen-bond acceptors (Lipinski definition) is 3. The Bertz CT molecular complexity index is 882. The molecule has 0 heterocycles. The van der Waals surface area contributed by atoms with Gasteiger partial charge in [-0.05, 0) is 62.2 Å². The molecule has 2 aromatic rings. The Morgan fingerprint density at radius 2 is 1.92 bits per heavy atom. The number of benzene rings is 2. The second kappa shape index (κ2) is 7.76. The average molecular weight is 364 g/mol. The summed E-state index contributed by atoms with van der Waals surface area (Å²) >= 11 is 0. The van der Waals surface area contributed by atoms with Crippen molar-refractivity contribution in [3.63, 3.8) is 0 Å². The van der Waals surface area contributed by atoms with E-state index in [-0.39, 0.29) is 22.3 Å². The number of halogens is 1. The molecule has 5 nitrogen and oxygen atoms in total. The van der Waals surface area contributed by atoms with Gasteiger partial charge in [-0.15, -0.1) is 0 Å². The summed E-state index contributed by atoms with van der Waals surface area (Å²) in [4.78, 5) is 12.4. The van der Waals surface area contributed by atoms with Gasteiger partial charge in [-0.25, -0.2) is 17.5 Å². The minimum absolute atomic E-state index is 0.0238. The fourth-order valence-electron chi connectivity index (χ4n) is 2.15. The maximum absolute atomic E-state index is 13.3. The van der Waals surface area contributed by atoms with E-state index in [1.807, 2.05) is 6.92 Å². The van der Waals surface area contributed by atoms with Gasteiger partial charge in [0, 0.05) is 17.3 Å². The lowest BCUT2D eigenvalue weighted by molar-refractivity contribution is 0.102. The number of amides is 1. The van der Waals surface area contributed by atoms with Crippen molar-refractivity contribution in [3.8, 4) is 0 Å². The van der Waals surface area contributed by atoms with Gasteiger partial charge in [-0.1, -0.05) is 13.0 Å². The van der Waals surface area contributed by atoms with Crippen LogP contribution in [0.15, 0.2) is 47.4 Å². The second-order valence-corrected chi connectivity index (χ2v) is 7.59. The van der Waals surface area contributed by atoms with E-state index in [0.29, 0.717) is 17.7 Å². The molecule has 25 heavy (non-hydrogen) atoms. The molecule has 1 atom stereocenters. The van der Waals surface area contributed by atoms with E-state index in [9.17, 15) is 17.6 Å². The third-order valence-electron chi connectivity index (χ3n) is 3.79. The van der Waals surface area contributed by atoms with Crippen molar-refractivity contribution in [1.82, 2.24) is 4.72 Å². The molecule has 2 N–H and O–H groups in total. The quantitative estimate of drug-likeness (QED) is 0.824. The number of carbonyl (C=O) groups is 1. The lowest BCUT2D eigenvalue weighted by atomic mass is 10.2. The molecule has 2 aromatic carbocycles. The van der Waals surface area contributed by atoms with Gasteiger partial charge < -0.3 is 5.32 Å². The molecule has 0 fully saturated rings. The number of aryl methyl sites for hydroxylation is 1. The van der Waals surface area contributed by atoms with Crippen LogP contribution in [0.5, 0.6) is 0 Å². The van der Waals surface area contributed by atoms with Gasteiger partial charge in [0.2, 0.25) is 10.0 Å². The number of rotatable bonds is 6. The normalized spacial score (nSPS) is 12.6. The Hall–Kier alpha value is -2.25. The molecule has 0 saturated carbocycles. The monoisotopic (exact) mass is 364 g/mol. The van der Waals surface area contributed by atoms with Crippen LogP contribution in [0.4, 0.5) is 10.1 Å². The van der Waals surface area contributed by atoms with Crippen molar-refractivity contribution >= 4 is 21.6 Å². The molecular formula is C18H21FN2O3S. The summed E-state index contributed by atoms with van der Waals surface area (Å²) in [5.41, 5.74) is 1.05. The van der Waals surface area contributed by atoms with Crippen LogP contribution in [-0.2, 0) is 10.0 Å². The molecule has 7 heteroatoms. The highest BCUT2D eigenvalue weighted by molar-refractivity contribution is 7.89. The molecule has 0 bridgehead atoms. The smallest absolute Gasteiger partial charge is 0.255 e. The van der Waals surface area contributed by atoms with E-state index in [1.54, 1.807) is 13.8 Å². The minimum atomic E-state index is -3.69. The second-order valence-electron chi connectivity index (χ2n) is 5.88. The SMILES string of the molecule is CCC(C)NS(=O)(=O)c1cccc(C(=O)Nc2ccc(F)c(C)c2)c1. The van der Waals surface area contributed by atoms with E-state index in [0.717, 1.165) is 0 Å². The van der Waals surface area contributed by atoms with Crippen LogP contribution in [-0.4, -0.2) is 20.4 Å². The third-order valence-corrected chi connectivity index (χ3v) is 5.38. The van der Waals surface area contributed by atoms with Crippen molar-refractivity contribution in [1.29, 1.82) is 0 Å². The highest BCUT2D eigenvalue weighted by atomic mass is 32.2. The predicted octanol–water partition coefficient (Wildman–Crippen LogP) is 3.46. The molecule has 0 aliphatic heterocycles. The van der Waals surface area contributed by atoms with Gasteiger partial charge in [-0.2, -0.15) is 0 Å². The summed E-state index contributed by atoms with van der Waals surface area (Å²) in [6, 6.07) is 9.81. The molecule has 2 rings (SSSR count). The van der Waals surface area contributed by atoms with Gasteiger partial charge in [0.1, 0.15) is 5.82 Å². The number of nitrogens with one attached hydrogen (secondary N) is 2. The molecule has 0 aromatic heterocycles. The zero-order chi connectivity index (χ0) is 18.6. The molecule has 0 spiro atoms. The topological polar surface area (TPSA) is 75.3 Å². The molecular weight excluding hydrogens is 343 g/mol. The Labute approximate surface area is 147 Å². The molecule has 0 aliphatic rings. The van der Waals surface area contributed by atoms with Crippen LogP contribution in [0.25, 0.3) is 0 Å². The fourth-order valence-corrected chi connectivity index (χ4v) is 3.52. The average Bonchev–Trinajstić information content (AvgIpc) is 2.57. The molecule has 134 valence electrons. The zero-order valence-corrected chi connectivity index (χ0v) is 15.2. The van der Waals surface area contributed by atoms with Gasteiger partial charge in [0.25, 0.3) is 5.91 Å². The van der Waals surface area contributed by atoms with Gasteiger partial charge in [0.15, 0.2) is 0 Å². The minimum Gasteiger partial charge on any atom is -0.322 e. The summed E-state index contributed by atoms with van der Waals surface area (Å²) in [6.07, 6.45) is 0.656. The Morgan fingerprint density at radius 3 is 2.56 bits per heavy atom. The van der Waals surface area contributed by atoms with Crippen molar-refractivity contribution in [2.75, 3.05) is 5.32 Å². The van der Waals surface area contributed by atoms with Crippen LogP contribution in [0.2, 0.25) is 0 Å². The van der Waals surface area contributed by atoms with Gasteiger partial charge in [0.05, 0.1) is 4.90 Å². The Morgan fingerprint density at radius 1 is 1.20 bits per heavy atom. The van der Waals surface area contributed by atoms with Gasteiger partial charge in [-0.3, -0.25) is 4.79 Å². The first-order chi connectivity index (χ1) is 11.7. The van der Waals surface area contributed by atoms with Crippen molar-refractivity contribution in [2.45, 2.75) is 38.1 Å². The molecule has 0 saturated heterocycles. The first-order valence-electron chi connectivity index (χ1n) is 7.93. The number of carbonyl (C=O) groups excluding carboxylic acids is 1. The maximum atomic E-state index is 13.3. The van der Waals surface area contributed by atoms with E-state index in [2.05, 4.69) is 10.0 Å². The summed E-state index contributed by atoms with van der Waals surface area (Å²) in [6.45, 7) is 5.24. The highest BCUT2D eigenvalue weighted by Gasteiger charge is 2.18. The standard InChI is InChI=1S/C18H21FN2O3S/c1-4-13(3)21-25(23,24)16-7-5-6-14(11-16)18(22)20-15-8-9-17(19)12(2)10-15/h5-11,13,21H,4H2,1-3H3,(H,20,22). The summed E-state index contributed by atoms with van der Waals surface area (Å²) < 4.78 is 40.5. The lowest BCUT2D eigenvalue weighted by Gasteiger charge is -2.13. The largest absolute Gasteiger partial charge is 0.322 e. The van der Waals surface area contributed by atoms with E-state index < -0.39 is 15.9 Å². The number of anilines is 1. The first kappa shape index (κ1) is 19.1. The van der Waals surface area contributed by atoms with Crippen LogP contribution in [0.1, 0.15) is 36.2 Å². The molecule has 1 unspecified atom stereocenters. The zero-order valence-electron chi connectivity index (χ0n) is 14.3.